The summed E-state index contributed by atoms with van der Waals surface area (Å²) in [6.07, 6.45) is 6.81. The van der Waals surface area contributed by atoms with E-state index in [-0.39, 0.29) is 0 Å². The van der Waals surface area contributed by atoms with Crippen molar-refractivity contribution in [3.8, 4) is 0 Å². The van der Waals surface area contributed by atoms with Gasteiger partial charge in [0.1, 0.15) is 0 Å². The molecule has 0 saturated heterocycles. The van der Waals surface area contributed by atoms with Crippen LogP contribution in [0.5, 0.6) is 0 Å². The van der Waals surface area contributed by atoms with Crippen molar-refractivity contribution in [3.63, 3.8) is 0 Å². The van der Waals surface area contributed by atoms with Gasteiger partial charge in [-0.3, -0.25) is 0 Å². The topological polar surface area (TPSA) is 12.0 Å². The number of benzene rings is 1. The molecule has 1 aliphatic rings. The summed E-state index contributed by atoms with van der Waals surface area (Å²) in [5.41, 5.74) is 2.74. The molecule has 1 nitrogen and oxygen atoms in total. The van der Waals surface area contributed by atoms with Crippen molar-refractivity contribution < 1.29 is 0 Å². The molecule has 3 atom stereocenters. The molecule has 2 heteroatoms. The fraction of sp³-hybridized carbons (Fsp3) is 0.647. The summed E-state index contributed by atoms with van der Waals surface area (Å²) in [5, 5.41) is 4.39. The Balaban J connectivity index is 2.21. The zero-order valence-electron chi connectivity index (χ0n) is 12.4. The molecule has 0 aromatic heterocycles. The predicted molar refractivity (Wildman–Crippen MR) is 83.7 cm³/mol. The average Bonchev–Trinajstić information content (AvgIpc) is 2.44. The maximum Gasteiger partial charge on any atom is 0.0409 e. The van der Waals surface area contributed by atoms with E-state index < -0.39 is 0 Å². The Morgan fingerprint density at radius 1 is 1.37 bits per heavy atom. The lowest BCUT2D eigenvalue weighted by Crippen LogP contribution is -2.30. The van der Waals surface area contributed by atoms with Gasteiger partial charge in [0.2, 0.25) is 0 Å². The van der Waals surface area contributed by atoms with Crippen LogP contribution >= 0.6 is 11.6 Å². The lowest BCUT2D eigenvalue weighted by atomic mass is 9.74. The van der Waals surface area contributed by atoms with Crippen molar-refractivity contribution in [3.05, 3.63) is 34.3 Å². The van der Waals surface area contributed by atoms with Gasteiger partial charge >= 0.3 is 0 Å². The van der Waals surface area contributed by atoms with E-state index in [1.54, 1.807) is 0 Å². The molecule has 106 valence electrons. The Labute approximate surface area is 122 Å². The summed E-state index contributed by atoms with van der Waals surface area (Å²) in [4.78, 5) is 0. The van der Waals surface area contributed by atoms with Crippen LogP contribution in [0.1, 0.15) is 56.2 Å². The lowest BCUT2D eigenvalue weighted by Gasteiger charge is -2.35. The molecule has 3 unspecified atom stereocenters. The first kappa shape index (κ1) is 14.9. The number of nitrogens with one attached hydrogen (secondary N) is 1. The largest absolute Gasteiger partial charge is 0.313 e. The molecule has 0 radical (unpaired) electrons. The average molecular weight is 280 g/mol. The van der Waals surface area contributed by atoms with Gasteiger partial charge in [-0.05, 0) is 61.9 Å². The van der Waals surface area contributed by atoms with Gasteiger partial charge in [0.05, 0.1) is 0 Å². The fourth-order valence-electron chi connectivity index (χ4n) is 3.60. The molecular weight excluding hydrogens is 254 g/mol. The molecule has 1 fully saturated rings. The van der Waals surface area contributed by atoms with E-state index in [0.29, 0.717) is 6.04 Å². The third-order valence-corrected chi connectivity index (χ3v) is 4.99. The SMILES string of the molecule is CCC1CCCC(C(NC)c2cc(Cl)ccc2C)C1. The predicted octanol–water partition coefficient (Wildman–Crippen LogP) is 5.13. The second-order valence-electron chi connectivity index (χ2n) is 5.97. The molecule has 0 amide bonds. The number of halogens is 1. The molecule has 0 aliphatic heterocycles. The Bertz CT molecular complexity index is 416. The van der Waals surface area contributed by atoms with Crippen LogP contribution in [0.3, 0.4) is 0 Å². The first-order valence-corrected chi connectivity index (χ1v) is 7.96. The second kappa shape index (κ2) is 6.76. The molecule has 1 aromatic rings. The minimum Gasteiger partial charge on any atom is -0.313 e. The molecule has 19 heavy (non-hydrogen) atoms. The van der Waals surface area contributed by atoms with Gasteiger partial charge in [0.15, 0.2) is 0 Å². The van der Waals surface area contributed by atoms with Crippen LogP contribution in [0.4, 0.5) is 0 Å². The molecule has 0 bridgehead atoms. The zero-order chi connectivity index (χ0) is 13.8. The smallest absolute Gasteiger partial charge is 0.0409 e. The van der Waals surface area contributed by atoms with Gasteiger partial charge < -0.3 is 5.32 Å². The van der Waals surface area contributed by atoms with E-state index in [1.807, 2.05) is 6.07 Å². The molecule has 0 heterocycles. The summed E-state index contributed by atoms with van der Waals surface area (Å²) in [6.45, 7) is 4.52. The maximum absolute atomic E-state index is 6.18. The van der Waals surface area contributed by atoms with Crippen LogP contribution < -0.4 is 5.32 Å². The van der Waals surface area contributed by atoms with Crippen molar-refractivity contribution in [2.75, 3.05) is 7.05 Å². The standard InChI is InChI=1S/C17H26ClN/c1-4-13-6-5-7-14(10-13)17(19-3)16-11-15(18)9-8-12(16)2/h8-9,11,13-14,17,19H,4-7,10H2,1-3H3. The molecule has 1 saturated carbocycles. The lowest BCUT2D eigenvalue weighted by molar-refractivity contribution is 0.214. The highest BCUT2D eigenvalue weighted by molar-refractivity contribution is 6.30. The molecule has 1 aliphatic carbocycles. The highest BCUT2D eigenvalue weighted by atomic mass is 35.5. The van der Waals surface area contributed by atoms with Crippen LogP contribution in [0.15, 0.2) is 18.2 Å². The van der Waals surface area contributed by atoms with E-state index in [9.17, 15) is 0 Å². The highest BCUT2D eigenvalue weighted by Gasteiger charge is 2.28. The fourth-order valence-corrected chi connectivity index (χ4v) is 3.78. The number of rotatable bonds is 4. The Morgan fingerprint density at radius 2 is 2.16 bits per heavy atom. The van der Waals surface area contributed by atoms with Crippen molar-refractivity contribution >= 4 is 11.6 Å². The van der Waals surface area contributed by atoms with E-state index in [4.69, 9.17) is 11.6 Å². The van der Waals surface area contributed by atoms with Crippen LogP contribution in [-0.2, 0) is 0 Å². The first-order chi connectivity index (χ1) is 9.15. The Hall–Kier alpha value is -0.530. The van der Waals surface area contributed by atoms with E-state index in [2.05, 4.69) is 38.3 Å². The first-order valence-electron chi connectivity index (χ1n) is 7.59. The summed E-state index contributed by atoms with van der Waals surface area (Å²) in [5.74, 6) is 1.66. The van der Waals surface area contributed by atoms with Crippen molar-refractivity contribution in [1.82, 2.24) is 5.32 Å². The second-order valence-corrected chi connectivity index (χ2v) is 6.40. The maximum atomic E-state index is 6.18. The van der Waals surface area contributed by atoms with E-state index in [0.717, 1.165) is 16.9 Å². The van der Waals surface area contributed by atoms with Crippen LogP contribution in [-0.4, -0.2) is 7.05 Å². The van der Waals surface area contributed by atoms with Crippen LogP contribution in [0.25, 0.3) is 0 Å². The van der Waals surface area contributed by atoms with Crippen molar-refractivity contribution in [2.24, 2.45) is 11.8 Å². The van der Waals surface area contributed by atoms with Gasteiger partial charge in [-0.1, -0.05) is 43.9 Å². The van der Waals surface area contributed by atoms with Gasteiger partial charge in [0, 0.05) is 11.1 Å². The Morgan fingerprint density at radius 3 is 2.84 bits per heavy atom. The Kier molecular flexibility index (Phi) is 5.29. The van der Waals surface area contributed by atoms with Crippen LogP contribution in [0.2, 0.25) is 5.02 Å². The molecule has 0 spiro atoms. The van der Waals surface area contributed by atoms with Crippen molar-refractivity contribution in [2.45, 2.75) is 52.0 Å². The quantitative estimate of drug-likeness (QED) is 0.806. The minimum atomic E-state index is 0.452. The molecular formula is C17H26ClN. The summed E-state index contributed by atoms with van der Waals surface area (Å²) in [6, 6.07) is 6.73. The minimum absolute atomic E-state index is 0.452. The van der Waals surface area contributed by atoms with Crippen molar-refractivity contribution in [1.29, 1.82) is 0 Å². The number of aryl methyl sites for hydroxylation is 1. The number of hydrogen-bond acceptors (Lipinski definition) is 1. The van der Waals surface area contributed by atoms with E-state index >= 15 is 0 Å². The van der Waals surface area contributed by atoms with E-state index in [1.165, 1.54) is 43.2 Å². The molecule has 1 N–H and O–H groups in total. The molecule has 2 rings (SSSR count). The van der Waals surface area contributed by atoms with Gasteiger partial charge in [-0.25, -0.2) is 0 Å². The van der Waals surface area contributed by atoms with Gasteiger partial charge in [-0.15, -0.1) is 0 Å². The van der Waals surface area contributed by atoms with Gasteiger partial charge in [0.25, 0.3) is 0 Å². The summed E-state index contributed by atoms with van der Waals surface area (Å²) < 4.78 is 0. The third-order valence-electron chi connectivity index (χ3n) is 4.76. The number of hydrogen-bond donors (Lipinski definition) is 1. The summed E-state index contributed by atoms with van der Waals surface area (Å²) in [7, 11) is 2.08. The molecule has 1 aromatic carbocycles. The summed E-state index contributed by atoms with van der Waals surface area (Å²) >= 11 is 6.18. The van der Waals surface area contributed by atoms with Crippen LogP contribution in [0, 0.1) is 18.8 Å². The normalized spacial score (nSPS) is 25.3. The van der Waals surface area contributed by atoms with Gasteiger partial charge in [-0.2, -0.15) is 0 Å². The zero-order valence-corrected chi connectivity index (χ0v) is 13.1. The monoisotopic (exact) mass is 279 g/mol. The highest BCUT2D eigenvalue weighted by Crippen LogP contribution is 2.39. The third kappa shape index (κ3) is 3.52.